The van der Waals surface area contributed by atoms with Crippen LogP contribution in [0.15, 0.2) is 58.7 Å². The Balaban J connectivity index is 1.50. The van der Waals surface area contributed by atoms with Gasteiger partial charge < -0.3 is 9.88 Å². The molecule has 152 valence electrons. The summed E-state index contributed by atoms with van der Waals surface area (Å²) in [4.78, 5) is 38.6. The lowest BCUT2D eigenvalue weighted by molar-refractivity contribution is -0.131. The van der Waals surface area contributed by atoms with Gasteiger partial charge in [-0.05, 0) is 25.1 Å². The van der Waals surface area contributed by atoms with Crippen LogP contribution in [0.3, 0.4) is 0 Å². The highest BCUT2D eigenvalue weighted by Crippen LogP contribution is 2.23. The third kappa shape index (κ3) is 4.42. The summed E-state index contributed by atoms with van der Waals surface area (Å²) in [5.41, 5.74) is 2.03. The van der Waals surface area contributed by atoms with Crippen molar-refractivity contribution in [2.24, 2.45) is 0 Å². The number of thiazole rings is 1. The Kier molecular flexibility index (Phi) is 5.92. The Morgan fingerprint density at radius 2 is 1.97 bits per heavy atom. The number of nitrogens with zero attached hydrogens (tertiary/aromatic N) is 3. The molecule has 1 N–H and O–H groups in total. The van der Waals surface area contributed by atoms with E-state index in [0.29, 0.717) is 28.3 Å². The van der Waals surface area contributed by atoms with E-state index in [-0.39, 0.29) is 24.4 Å². The van der Waals surface area contributed by atoms with Crippen molar-refractivity contribution in [3.63, 3.8) is 0 Å². The van der Waals surface area contributed by atoms with E-state index in [4.69, 9.17) is 11.6 Å². The molecule has 6 nitrogen and oxygen atoms in total. The predicted molar refractivity (Wildman–Crippen MR) is 120 cm³/mol. The number of amides is 1. The molecule has 1 amide bonds. The van der Waals surface area contributed by atoms with Gasteiger partial charge in [-0.2, -0.15) is 0 Å². The van der Waals surface area contributed by atoms with Crippen LogP contribution in [0.5, 0.6) is 0 Å². The van der Waals surface area contributed by atoms with Crippen molar-refractivity contribution in [1.82, 2.24) is 19.9 Å². The van der Waals surface area contributed by atoms with Crippen molar-refractivity contribution in [2.45, 2.75) is 19.9 Å². The van der Waals surface area contributed by atoms with Crippen LogP contribution in [0, 0.1) is 0 Å². The maximum atomic E-state index is 12.8. The fraction of sp³-hybridized carbons (Fsp3) is 0.182. The number of hydrogen-bond acceptors (Lipinski definition) is 5. The molecule has 2 aromatic carbocycles. The number of halogens is 1. The highest BCUT2D eigenvalue weighted by atomic mass is 35.5. The number of H-pyrrole nitrogens is 1. The number of nitrogens with one attached hydrogen (secondary N) is 1. The maximum Gasteiger partial charge on any atom is 0.258 e. The van der Waals surface area contributed by atoms with Crippen molar-refractivity contribution in [3.8, 4) is 10.6 Å². The van der Waals surface area contributed by atoms with Gasteiger partial charge in [0.05, 0.1) is 29.6 Å². The molecule has 0 saturated carbocycles. The van der Waals surface area contributed by atoms with Crippen molar-refractivity contribution < 1.29 is 4.79 Å². The molecule has 0 spiro atoms. The van der Waals surface area contributed by atoms with E-state index in [1.807, 2.05) is 42.6 Å². The van der Waals surface area contributed by atoms with Gasteiger partial charge in [0, 0.05) is 22.5 Å². The maximum absolute atomic E-state index is 12.8. The Hall–Kier alpha value is -3.03. The first-order chi connectivity index (χ1) is 14.5. The second-order valence-corrected chi connectivity index (χ2v) is 8.06. The number of hydrogen-bond donors (Lipinski definition) is 1. The second-order valence-electron chi connectivity index (χ2n) is 6.77. The normalized spacial score (nSPS) is 11.0. The Morgan fingerprint density at radius 1 is 1.17 bits per heavy atom. The van der Waals surface area contributed by atoms with E-state index in [0.717, 1.165) is 16.3 Å². The average molecular weight is 439 g/mol. The van der Waals surface area contributed by atoms with Gasteiger partial charge in [-0.3, -0.25) is 9.59 Å². The second kappa shape index (κ2) is 8.77. The predicted octanol–water partition coefficient (Wildman–Crippen LogP) is 4.29. The number of likely N-dealkylation sites (N-methyl/N-ethyl adjacent to an activating group) is 1. The molecule has 0 atom stereocenters. The van der Waals surface area contributed by atoms with Crippen LogP contribution in [0.2, 0.25) is 5.02 Å². The van der Waals surface area contributed by atoms with E-state index in [9.17, 15) is 9.59 Å². The van der Waals surface area contributed by atoms with E-state index in [1.54, 1.807) is 23.1 Å². The van der Waals surface area contributed by atoms with E-state index in [2.05, 4.69) is 15.0 Å². The summed E-state index contributed by atoms with van der Waals surface area (Å²) in [6.45, 7) is 2.60. The molecule has 0 fully saturated rings. The summed E-state index contributed by atoms with van der Waals surface area (Å²) >= 11 is 7.54. The summed E-state index contributed by atoms with van der Waals surface area (Å²) in [6, 6.07) is 14.8. The van der Waals surface area contributed by atoms with Crippen LogP contribution in [0.1, 0.15) is 18.4 Å². The van der Waals surface area contributed by atoms with Crippen LogP contribution >= 0.6 is 22.9 Å². The van der Waals surface area contributed by atoms with Crippen LogP contribution < -0.4 is 5.56 Å². The van der Waals surface area contributed by atoms with Gasteiger partial charge in [-0.15, -0.1) is 11.3 Å². The van der Waals surface area contributed by atoms with Crippen molar-refractivity contribution >= 4 is 39.7 Å². The molecule has 8 heteroatoms. The Morgan fingerprint density at radius 3 is 2.73 bits per heavy atom. The van der Waals surface area contributed by atoms with Gasteiger partial charge in [0.2, 0.25) is 5.91 Å². The molecule has 4 aromatic rings. The molecule has 0 aliphatic rings. The molecule has 0 unspecified atom stereocenters. The third-order valence-corrected chi connectivity index (χ3v) is 5.87. The topological polar surface area (TPSA) is 79.0 Å². The number of benzene rings is 2. The molecule has 2 aromatic heterocycles. The Labute approximate surface area is 182 Å². The largest absolute Gasteiger partial charge is 0.335 e. The summed E-state index contributed by atoms with van der Waals surface area (Å²) in [7, 11) is 0. The number of rotatable bonds is 6. The summed E-state index contributed by atoms with van der Waals surface area (Å²) in [6.07, 6.45) is 0.195. The summed E-state index contributed by atoms with van der Waals surface area (Å²) in [5, 5.41) is 3.77. The SMILES string of the molecule is CCN(Cc1nc2cc(Cl)ccc2c(=O)[nH]1)C(=O)Cc1csc(-c2ccccc2)n1. The lowest BCUT2D eigenvalue weighted by Gasteiger charge is -2.20. The first-order valence-corrected chi connectivity index (χ1v) is 10.8. The zero-order valence-corrected chi connectivity index (χ0v) is 17.8. The van der Waals surface area contributed by atoms with Gasteiger partial charge in [0.1, 0.15) is 10.8 Å². The minimum absolute atomic E-state index is 0.0729. The molecule has 0 aliphatic heterocycles. The minimum atomic E-state index is -0.248. The molecule has 30 heavy (non-hydrogen) atoms. The fourth-order valence-corrected chi connectivity index (χ4v) is 4.15. The number of aromatic amines is 1. The van der Waals surface area contributed by atoms with Gasteiger partial charge in [-0.1, -0.05) is 41.9 Å². The zero-order valence-electron chi connectivity index (χ0n) is 16.3. The van der Waals surface area contributed by atoms with E-state index < -0.39 is 0 Å². The van der Waals surface area contributed by atoms with Crippen LogP contribution in [-0.4, -0.2) is 32.3 Å². The molecule has 0 radical (unpaired) electrons. The fourth-order valence-electron chi connectivity index (χ4n) is 3.16. The first kappa shape index (κ1) is 20.3. The number of fused-ring (bicyclic) bond motifs is 1. The van der Waals surface area contributed by atoms with Crippen LogP contribution in [-0.2, 0) is 17.8 Å². The molecule has 2 heterocycles. The van der Waals surface area contributed by atoms with Crippen molar-refractivity contribution in [2.75, 3.05) is 6.54 Å². The van der Waals surface area contributed by atoms with Crippen molar-refractivity contribution in [3.05, 3.63) is 80.8 Å². The Bertz CT molecular complexity index is 1250. The van der Waals surface area contributed by atoms with E-state index >= 15 is 0 Å². The van der Waals surface area contributed by atoms with Gasteiger partial charge in [0.15, 0.2) is 0 Å². The molecule has 4 rings (SSSR count). The molecular formula is C22H19ClN4O2S. The van der Waals surface area contributed by atoms with Gasteiger partial charge in [0.25, 0.3) is 5.56 Å². The zero-order chi connectivity index (χ0) is 21.1. The first-order valence-electron chi connectivity index (χ1n) is 9.49. The van der Waals surface area contributed by atoms with Crippen LogP contribution in [0.25, 0.3) is 21.5 Å². The molecular weight excluding hydrogens is 420 g/mol. The lowest BCUT2D eigenvalue weighted by atomic mass is 10.2. The average Bonchev–Trinajstić information content (AvgIpc) is 3.20. The van der Waals surface area contributed by atoms with Gasteiger partial charge >= 0.3 is 0 Å². The lowest BCUT2D eigenvalue weighted by Crippen LogP contribution is -2.33. The van der Waals surface area contributed by atoms with E-state index in [1.165, 1.54) is 11.3 Å². The highest BCUT2D eigenvalue weighted by Gasteiger charge is 2.17. The summed E-state index contributed by atoms with van der Waals surface area (Å²) < 4.78 is 0. The monoisotopic (exact) mass is 438 g/mol. The minimum Gasteiger partial charge on any atom is -0.335 e. The molecule has 0 aliphatic carbocycles. The number of aromatic nitrogens is 3. The quantitative estimate of drug-likeness (QED) is 0.487. The number of carbonyl (C=O) groups excluding carboxylic acids is 1. The number of carbonyl (C=O) groups is 1. The standard InChI is InChI=1S/C22H19ClN4O2S/c1-2-27(12-19-25-18-10-15(23)8-9-17(18)21(29)26-19)20(28)11-16-13-30-22(24-16)14-6-4-3-5-7-14/h3-10,13H,2,11-12H2,1H3,(H,25,26,29). The van der Waals surface area contributed by atoms with Crippen LogP contribution in [0.4, 0.5) is 0 Å². The third-order valence-electron chi connectivity index (χ3n) is 4.70. The highest BCUT2D eigenvalue weighted by molar-refractivity contribution is 7.13. The summed E-state index contributed by atoms with van der Waals surface area (Å²) in [5.74, 6) is 0.351. The molecule has 0 saturated heterocycles. The smallest absolute Gasteiger partial charge is 0.258 e. The van der Waals surface area contributed by atoms with Gasteiger partial charge in [-0.25, -0.2) is 9.97 Å². The molecule has 0 bridgehead atoms. The van der Waals surface area contributed by atoms with Crippen molar-refractivity contribution in [1.29, 1.82) is 0 Å².